The van der Waals surface area contributed by atoms with E-state index in [0.717, 1.165) is 32.6 Å². The van der Waals surface area contributed by atoms with Crippen molar-refractivity contribution in [3.05, 3.63) is 0 Å². The zero-order chi connectivity index (χ0) is 12.5. The van der Waals surface area contributed by atoms with Gasteiger partial charge in [0.25, 0.3) is 0 Å². The Bertz CT molecular complexity index is 187. The first-order valence-corrected chi connectivity index (χ1v) is 7.30. The Labute approximate surface area is 106 Å². The molecule has 0 aromatic carbocycles. The SMILES string of the molecule is CCCCCOC1CC(NCC)C1OCCC. The molecule has 17 heavy (non-hydrogen) atoms. The van der Waals surface area contributed by atoms with Crippen LogP contribution in [0.25, 0.3) is 0 Å². The molecule has 1 aliphatic rings. The van der Waals surface area contributed by atoms with Crippen molar-refractivity contribution in [3.63, 3.8) is 0 Å². The maximum absolute atomic E-state index is 5.90. The molecular weight excluding hydrogens is 214 g/mol. The lowest BCUT2D eigenvalue weighted by molar-refractivity contribution is -0.147. The Hall–Kier alpha value is -0.120. The van der Waals surface area contributed by atoms with Crippen molar-refractivity contribution in [2.75, 3.05) is 19.8 Å². The lowest BCUT2D eigenvalue weighted by atomic mass is 9.85. The van der Waals surface area contributed by atoms with Gasteiger partial charge in [-0.2, -0.15) is 0 Å². The summed E-state index contributed by atoms with van der Waals surface area (Å²) in [5.74, 6) is 0. The Morgan fingerprint density at radius 2 is 1.82 bits per heavy atom. The largest absolute Gasteiger partial charge is 0.375 e. The molecule has 1 fully saturated rings. The van der Waals surface area contributed by atoms with Gasteiger partial charge in [-0.05, 0) is 25.8 Å². The highest BCUT2D eigenvalue weighted by Crippen LogP contribution is 2.27. The van der Waals surface area contributed by atoms with Crippen LogP contribution in [0.3, 0.4) is 0 Å². The van der Waals surface area contributed by atoms with Crippen molar-refractivity contribution in [2.45, 2.75) is 71.1 Å². The Balaban J connectivity index is 2.19. The molecule has 1 N–H and O–H groups in total. The normalized spacial score (nSPS) is 28.1. The van der Waals surface area contributed by atoms with E-state index >= 15 is 0 Å². The van der Waals surface area contributed by atoms with Crippen LogP contribution in [0.5, 0.6) is 0 Å². The minimum atomic E-state index is 0.275. The first-order chi connectivity index (χ1) is 8.33. The second-order valence-electron chi connectivity index (χ2n) is 4.85. The number of rotatable bonds is 10. The molecule has 0 aromatic rings. The van der Waals surface area contributed by atoms with Crippen molar-refractivity contribution in [2.24, 2.45) is 0 Å². The average Bonchev–Trinajstić information content (AvgIpc) is 2.32. The fourth-order valence-corrected chi connectivity index (χ4v) is 2.27. The van der Waals surface area contributed by atoms with Gasteiger partial charge in [0, 0.05) is 19.3 Å². The van der Waals surface area contributed by atoms with Crippen molar-refractivity contribution in [3.8, 4) is 0 Å². The van der Waals surface area contributed by atoms with Gasteiger partial charge in [0.15, 0.2) is 0 Å². The third-order valence-electron chi connectivity index (χ3n) is 3.31. The number of ether oxygens (including phenoxy) is 2. The first-order valence-electron chi connectivity index (χ1n) is 7.30. The number of nitrogens with one attached hydrogen (secondary N) is 1. The number of unbranched alkanes of at least 4 members (excludes halogenated alkanes) is 2. The third kappa shape index (κ3) is 4.94. The van der Waals surface area contributed by atoms with Crippen LogP contribution in [0.4, 0.5) is 0 Å². The van der Waals surface area contributed by atoms with E-state index < -0.39 is 0 Å². The summed E-state index contributed by atoms with van der Waals surface area (Å²) >= 11 is 0. The minimum Gasteiger partial charge on any atom is -0.375 e. The number of hydrogen-bond acceptors (Lipinski definition) is 3. The topological polar surface area (TPSA) is 30.5 Å². The summed E-state index contributed by atoms with van der Waals surface area (Å²) in [7, 11) is 0. The fourth-order valence-electron chi connectivity index (χ4n) is 2.27. The van der Waals surface area contributed by atoms with Crippen LogP contribution in [0.2, 0.25) is 0 Å². The highest BCUT2D eigenvalue weighted by molar-refractivity contribution is 4.97. The zero-order valence-electron chi connectivity index (χ0n) is 11.7. The van der Waals surface area contributed by atoms with E-state index in [2.05, 4.69) is 26.1 Å². The van der Waals surface area contributed by atoms with E-state index in [1.807, 2.05) is 0 Å². The van der Waals surface area contributed by atoms with Crippen LogP contribution in [0, 0.1) is 0 Å². The molecule has 3 unspecified atom stereocenters. The van der Waals surface area contributed by atoms with Crippen LogP contribution < -0.4 is 5.32 Å². The van der Waals surface area contributed by atoms with E-state index in [0.29, 0.717) is 12.1 Å². The van der Waals surface area contributed by atoms with Crippen LogP contribution in [0.15, 0.2) is 0 Å². The quantitative estimate of drug-likeness (QED) is 0.598. The molecule has 3 nitrogen and oxygen atoms in total. The Morgan fingerprint density at radius 3 is 2.47 bits per heavy atom. The summed E-state index contributed by atoms with van der Waals surface area (Å²) in [5, 5.41) is 3.47. The second kappa shape index (κ2) is 8.90. The van der Waals surface area contributed by atoms with Crippen molar-refractivity contribution in [1.82, 2.24) is 5.32 Å². The predicted octanol–water partition coefficient (Wildman–Crippen LogP) is 2.74. The smallest absolute Gasteiger partial charge is 0.0990 e. The standard InChI is InChI=1S/C14H29NO2/c1-4-7-8-10-16-13-11-12(15-6-3)14(13)17-9-5-2/h12-15H,4-11H2,1-3H3. The fraction of sp³-hybridized carbons (Fsp3) is 1.00. The molecule has 0 heterocycles. The number of likely N-dealkylation sites (N-methyl/N-ethyl adjacent to an activating group) is 1. The van der Waals surface area contributed by atoms with E-state index in [-0.39, 0.29) is 6.10 Å². The summed E-state index contributed by atoms with van der Waals surface area (Å²) < 4.78 is 11.8. The highest BCUT2D eigenvalue weighted by atomic mass is 16.5. The lowest BCUT2D eigenvalue weighted by Gasteiger charge is -2.44. The van der Waals surface area contributed by atoms with Gasteiger partial charge in [-0.1, -0.05) is 33.6 Å². The first kappa shape index (κ1) is 14.9. The molecule has 1 aliphatic carbocycles. The van der Waals surface area contributed by atoms with Crippen molar-refractivity contribution in [1.29, 1.82) is 0 Å². The molecule has 0 spiro atoms. The van der Waals surface area contributed by atoms with Crippen LogP contribution in [-0.2, 0) is 9.47 Å². The van der Waals surface area contributed by atoms with Gasteiger partial charge in [0.1, 0.15) is 0 Å². The van der Waals surface area contributed by atoms with Gasteiger partial charge < -0.3 is 14.8 Å². The molecule has 1 rings (SSSR count). The molecule has 0 radical (unpaired) electrons. The summed E-state index contributed by atoms with van der Waals surface area (Å²) in [6.07, 6.45) is 6.48. The monoisotopic (exact) mass is 243 g/mol. The van der Waals surface area contributed by atoms with E-state index in [1.165, 1.54) is 19.3 Å². The van der Waals surface area contributed by atoms with Gasteiger partial charge >= 0.3 is 0 Å². The molecule has 0 aromatic heterocycles. The lowest BCUT2D eigenvalue weighted by Crippen LogP contribution is -2.60. The molecule has 0 saturated heterocycles. The highest BCUT2D eigenvalue weighted by Gasteiger charge is 2.42. The number of hydrogen-bond donors (Lipinski definition) is 1. The maximum atomic E-state index is 5.90. The average molecular weight is 243 g/mol. The molecule has 0 amide bonds. The third-order valence-corrected chi connectivity index (χ3v) is 3.31. The van der Waals surface area contributed by atoms with Crippen molar-refractivity contribution < 1.29 is 9.47 Å². The summed E-state index contributed by atoms with van der Waals surface area (Å²) in [6, 6.07) is 0.503. The maximum Gasteiger partial charge on any atom is 0.0990 e. The Kier molecular flexibility index (Phi) is 7.82. The molecule has 1 saturated carbocycles. The second-order valence-corrected chi connectivity index (χ2v) is 4.85. The predicted molar refractivity (Wildman–Crippen MR) is 71.4 cm³/mol. The van der Waals surface area contributed by atoms with Crippen LogP contribution in [0.1, 0.15) is 52.9 Å². The van der Waals surface area contributed by atoms with Gasteiger partial charge in [-0.25, -0.2) is 0 Å². The van der Waals surface area contributed by atoms with Gasteiger partial charge in [0.05, 0.1) is 12.2 Å². The zero-order valence-corrected chi connectivity index (χ0v) is 11.7. The van der Waals surface area contributed by atoms with E-state index in [4.69, 9.17) is 9.47 Å². The molecule has 3 heteroatoms. The van der Waals surface area contributed by atoms with E-state index in [1.54, 1.807) is 0 Å². The van der Waals surface area contributed by atoms with E-state index in [9.17, 15) is 0 Å². The molecular formula is C14H29NO2. The van der Waals surface area contributed by atoms with Gasteiger partial charge in [-0.3, -0.25) is 0 Å². The van der Waals surface area contributed by atoms with Crippen LogP contribution in [-0.4, -0.2) is 38.0 Å². The van der Waals surface area contributed by atoms with Crippen LogP contribution >= 0.6 is 0 Å². The van der Waals surface area contributed by atoms with Gasteiger partial charge in [-0.15, -0.1) is 0 Å². The Morgan fingerprint density at radius 1 is 1.00 bits per heavy atom. The molecule has 3 atom stereocenters. The summed E-state index contributed by atoms with van der Waals surface area (Å²) in [6.45, 7) is 9.27. The molecule has 0 aliphatic heterocycles. The van der Waals surface area contributed by atoms with Gasteiger partial charge in [0.2, 0.25) is 0 Å². The summed E-state index contributed by atoms with van der Waals surface area (Å²) in [4.78, 5) is 0. The van der Waals surface area contributed by atoms with Crippen molar-refractivity contribution >= 4 is 0 Å². The summed E-state index contributed by atoms with van der Waals surface area (Å²) in [5.41, 5.74) is 0. The molecule has 0 bridgehead atoms. The minimum absolute atomic E-state index is 0.275. The molecule has 102 valence electrons.